The van der Waals surface area contributed by atoms with Crippen LogP contribution in [0.25, 0.3) is 0 Å². The highest BCUT2D eigenvalue weighted by molar-refractivity contribution is 7.89. The van der Waals surface area contributed by atoms with Crippen molar-refractivity contribution in [3.8, 4) is 0 Å². The largest absolute Gasteiger partial charge is 0.228 e. The lowest BCUT2D eigenvalue weighted by atomic mass is 10.1. The van der Waals surface area contributed by atoms with E-state index in [1.54, 1.807) is 0 Å². The molecule has 0 aliphatic rings. The molecule has 0 saturated carbocycles. The van der Waals surface area contributed by atoms with Crippen LogP contribution in [0.4, 0.5) is 0 Å². The fourth-order valence-electron chi connectivity index (χ4n) is 1.63. The molecule has 0 heterocycles. The van der Waals surface area contributed by atoms with Crippen molar-refractivity contribution in [2.75, 3.05) is 0 Å². The number of hydrogen-bond acceptors (Lipinski definition) is 2. The van der Waals surface area contributed by atoms with E-state index in [-0.39, 0.29) is 0 Å². The number of nitrogens with two attached hydrogens (primary N) is 1. The lowest BCUT2D eigenvalue weighted by Crippen LogP contribution is -2.21. The first-order chi connectivity index (χ1) is 6.99. The number of aryl methyl sites for hydroxylation is 1. The summed E-state index contributed by atoms with van der Waals surface area (Å²) in [4.78, 5) is 0. The first kappa shape index (κ1) is 12.2. The minimum atomic E-state index is -3.49. The molecule has 1 rings (SSSR count). The third kappa shape index (κ3) is 3.04. The van der Waals surface area contributed by atoms with Crippen LogP contribution in [-0.2, 0) is 16.4 Å². The average Bonchev–Trinajstić information content (AvgIpc) is 2.18. The van der Waals surface area contributed by atoms with Gasteiger partial charge in [0.25, 0.3) is 0 Å². The Morgan fingerprint density at radius 2 is 1.73 bits per heavy atom. The molecule has 1 aromatic rings. The van der Waals surface area contributed by atoms with Crippen LogP contribution in [0.2, 0.25) is 0 Å². The van der Waals surface area contributed by atoms with Crippen molar-refractivity contribution in [1.29, 1.82) is 0 Å². The highest BCUT2D eigenvalue weighted by Crippen LogP contribution is 2.23. The SMILES string of the molecule is CCc1ccc(C(CC)S(N)(=O)=O)cc1. The Hall–Kier alpha value is -0.870. The Morgan fingerprint density at radius 1 is 1.20 bits per heavy atom. The van der Waals surface area contributed by atoms with Gasteiger partial charge in [0, 0.05) is 0 Å². The summed E-state index contributed by atoms with van der Waals surface area (Å²) in [6.45, 7) is 3.88. The van der Waals surface area contributed by atoms with Gasteiger partial charge in [-0.15, -0.1) is 0 Å². The van der Waals surface area contributed by atoms with E-state index in [0.29, 0.717) is 6.42 Å². The van der Waals surface area contributed by atoms with Gasteiger partial charge in [0.2, 0.25) is 10.0 Å². The van der Waals surface area contributed by atoms with E-state index in [2.05, 4.69) is 6.92 Å². The summed E-state index contributed by atoms with van der Waals surface area (Å²) < 4.78 is 22.6. The van der Waals surface area contributed by atoms with Crippen LogP contribution in [0.15, 0.2) is 24.3 Å². The lowest BCUT2D eigenvalue weighted by Gasteiger charge is -2.13. The molecule has 0 aliphatic carbocycles. The molecule has 1 unspecified atom stereocenters. The van der Waals surface area contributed by atoms with Crippen LogP contribution in [0.1, 0.15) is 36.6 Å². The zero-order valence-corrected chi connectivity index (χ0v) is 9.92. The Labute approximate surface area is 91.4 Å². The predicted molar refractivity (Wildman–Crippen MR) is 62.0 cm³/mol. The summed E-state index contributed by atoms with van der Waals surface area (Å²) >= 11 is 0. The van der Waals surface area contributed by atoms with E-state index in [9.17, 15) is 8.42 Å². The van der Waals surface area contributed by atoms with Crippen molar-refractivity contribution in [2.45, 2.75) is 31.9 Å². The molecule has 0 aromatic heterocycles. The van der Waals surface area contributed by atoms with Crippen LogP contribution in [0.3, 0.4) is 0 Å². The summed E-state index contributed by atoms with van der Waals surface area (Å²) in [5.74, 6) is 0. The Kier molecular flexibility index (Phi) is 3.88. The van der Waals surface area contributed by atoms with E-state index < -0.39 is 15.3 Å². The summed E-state index contributed by atoms with van der Waals surface area (Å²) in [5, 5.41) is 4.58. The first-order valence-corrected chi connectivity index (χ1v) is 6.70. The van der Waals surface area contributed by atoms with Crippen molar-refractivity contribution in [1.82, 2.24) is 0 Å². The molecule has 84 valence electrons. The second-order valence-corrected chi connectivity index (χ2v) is 5.33. The fraction of sp³-hybridized carbons (Fsp3) is 0.455. The second-order valence-electron chi connectivity index (χ2n) is 3.58. The van der Waals surface area contributed by atoms with Gasteiger partial charge < -0.3 is 0 Å². The highest BCUT2D eigenvalue weighted by atomic mass is 32.2. The third-order valence-corrected chi connectivity index (χ3v) is 3.93. The van der Waals surface area contributed by atoms with Crippen LogP contribution < -0.4 is 5.14 Å². The zero-order valence-electron chi connectivity index (χ0n) is 9.10. The second kappa shape index (κ2) is 4.77. The Morgan fingerprint density at radius 3 is 2.07 bits per heavy atom. The molecule has 0 fully saturated rings. The van der Waals surface area contributed by atoms with Gasteiger partial charge >= 0.3 is 0 Å². The number of benzene rings is 1. The van der Waals surface area contributed by atoms with Crippen molar-refractivity contribution in [3.63, 3.8) is 0 Å². The van der Waals surface area contributed by atoms with Crippen LogP contribution >= 0.6 is 0 Å². The van der Waals surface area contributed by atoms with Crippen molar-refractivity contribution in [2.24, 2.45) is 5.14 Å². The van der Waals surface area contributed by atoms with E-state index in [4.69, 9.17) is 5.14 Å². The van der Waals surface area contributed by atoms with Gasteiger partial charge in [0.1, 0.15) is 0 Å². The van der Waals surface area contributed by atoms with E-state index in [1.807, 2.05) is 31.2 Å². The van der Waals surface area contributed by atoms with Gasteiger partial charge in [-0.3, -0.25) is 0 Å². The van der Waals surface area contributed by atoms with Crippen LogP contribution in [0.5, 0.6) is 0 Å². The van der Waals surface area contributed by atoms with Crippen molar-refractivity contribution in [3.05, 3.63) is 35.4 Å². The Bertz CT molecular complexity index is 409. The molecule has 1 atom stereocenters. The van der Waals surface area contributed by atoms with Gasteiger partial charge in [-0.2, -0.15) is 0 Å². The molecular formula is C11H17NO2S. The third-order valence-electron chi connectivity index (χ3n) is 2.53. The summed E-state index contributed by atoms with van der Waals surface area (Å²) in [6, 6.07) is 7.58. The minimum absolute atomic E-state index is 0.504. The van der Waals surface area contributed by atoms with Crippen molar-refractivity contribution >= 4 is 10.0 Å². The van der Waals surface area contributed by atoms with Gasteiger partial charge in [-0.1, -0.05) is 38.1 Å². The smallest absolute Gasteiger partial charge is 0.216 e. The average molecular weight is 227 g/mol. The molecule has 0 saturated heterocycles. The van der Waals surface area contributed by atoms with Crippen molar-refractivity contribution < 1.29 is 8.42 Å². The van der Waals surface area contributed by atoms with E-state index in [0.717, 1.165) is 12.0 Å². The normalized spacial score (nSPS) is 13.8. The maximum atomic E-state index is 11.3. The zero-order chi connectivity index (χ0) is 11.5. The quantitative estimate of drug-likeness (QED) is 0.855. The van der Waals surface area contributed by atoms with Gasteiger partial charge in [-0.05, 0) is 24.0 Å². The first-order valence-electron chi connectivity index (χ1n) is 5.09. The standard InChI is InChI=1S/C11H17NO2S/c1-3-9-5-7-10(8-6-9)11(4-2)15(12,13)14/h5-8,11H,3-4H2,1-2H3,(H2,12,13,14). The number of hydrogen-bond donors (Lipinski definition) is 1. The fourth-order valence-corrected chi connectivity index (χ4v) is 2.63. The molecule has 3 nitrogen and oxygen atoms in total. The maximum Gasteiger partial charge on any atom is 0.216 e. The molecule has 0 spiro atoms. The van der Waals surface area contributed by atoms with Crippen LogP contribution in [0, 0.1) is 0 Å². The van der Waals surface area contributed by atoms with Crippen LogP contribution in [-0.4, -0.2) is 8.42 Å². The molecule has 15 heavy (non-hydrogen) atoms. The van der Waals surface area contributed by atoms with Gasteiger partial charge in [0.15, 0.2) is 0 Å². The monoisotopic (exact) mass is 227 g/mol. The number of primary sulfonamides is 1. The molecule has 1 aromatic carbocycles. The predicted octanol–water partition coefficient (Wildman–Crippen LogP) is 1.99. The Balaban J connectivity index is 3.04. The van der Waals surface area contributed by atoms with E-state index >= 15 is 0 Å². The number of rotatable bonds is 4. The highest BCUT2D eigenvalue weighted by Gasteiger charge is 2.20. The molecule has 2 N–H and O–H groups in total. The molecule has 0 aliphatic heterocycles. The lowest BCUT2D eigenvalue weighted by molar-refractivity contribution is 0.581. The maximum absolute atomic E-state index is 11.3. The van der Waals surface area contributed by atoms with E-state index in [1.165, 1.54) is 5.56 Å². The van der Waals surface area contributed by atoms with Gasteiger partial charge in [0.05, 0.1) is 5.25 Å². The molecule has 0 amide bonds. The summed E-state index contributed by atoms with van der Waals surface area (Å²) in [7, 11) is -3.49. The summed E-state index contributed by atoms with van der Waals surface area (Å²) in [5.41, 5.74) is 1.97. The topological polar surface area (TPSA) is 60.2 Å². The molecule has 4 heteroatoms. The summed E-state index contributed by atoms with van der Waals surface area (Å²) in [6.07, 6.45) is 1.46. The van der Waals surface area contributed by atoms with Gasteiger partial charge in [-0.25, -0.2) is 13.6 Å². The molecule has 0 radical (unpaired) electrons. The number of sulfonamides is 1. The minimum Gasteiger partial charge on any atom is -0.228 e. The molecule has 0 bridgehead atoms. The molecular weight excluding hydrogens is 210 g/mol.